The largest absolute Gasteiger partial charge is 0.768 e. The highest BCUT2D eigenvalue weighted by atomic mass is 32.2. The molecular weight excluding hydrogens is 1040 g/mol. The lowest BCUT2D eigenvalue weighted by Crippen LogP contribution is -2.36. The Morgan fingerprint density at radius 1 is 0.766 bits per heavy atom. The van der Waals surface area contributed by atoms with Gasteiger partial charge < -0.3 is 28.7 Å². The van der Waals surface area contributed by atoms with Crippen molar-refractivity contribution in [3.05, 3.63) is 113 Å². The third-order valence-corrected chi connectivity index (χ3v) is 17.3. The molecule has 4 aromatic carbocycles. The van der Waals surface area contributed by atoms with Crippen molar-refractivity contribution >= 4 is 71.3 Å². The van der Waals surface area contributed by atoms with Crippen LogP contribution in [-0.4, -0.2) is 85.9 Å². The van der Waals surface area contributed by atoms with Crippen molar-refractivity contribution in [2.24, 2.45) is 10.4 Å². The maximum Gasteiger partial charge on any atom is 0.407 e. The van der Waals surface area contributed by atoms with Crippen LogP contribution in [0, 0.1) is 5.41 Å². The van der Waals surface area contributed by atoms with Gasteiger partial charge in [-0.1, -0.05) is 87.4 Å². The summed E-state index contributed by atoms with van der Waals surface area (Å²) in [6.07, 6.45) is -0.210. The highest BCUT2D eigenvalue weighted by Gasteiger charge is 2.31. The number of hydrogen-bond donors (Lipinski definition) is 2. The number of rotatable bonds is 22. The number of esters is 1. The van der Waals surface area contributed by atoms with Crippen LogP contribution in [0.5, 0.6) is 0 Å². The van der Waals surface area contributed by atoms with E-state index in [1.165, 1.54) is 22.5 Å². The number of fused-ring (bicyclic) bond motifs is 2. The van der Waals surface area contributed by atoms with Crippen LogP contribution in [0.25, 0.3) is 33.4 Å². The first kappa shape index (κ1) is 60.3. The molecule has 4 aromatic rings. The first-order valence-electron chi connectivity index (χ1n) is 26.1. The minimum Gasteiger partial charge on any atom is -0.768 e. The van der Waals surface area contributed by atoms with Crippen LogP contribution in [0.15, 0.2) is 109 Å². The number of anilines is 2. The molecule has 0 saturated carbocycles. The van der Waals surface area contributed by atoms with Crippen LogP contribution < -0.4 is 15.6 Å². The molecule has 0 saturated heterocycles. The summed E-state index contributed by atoms with van der Waals surface area (Å²) in [6, 6.07) is 24.1. The van der Waals surface area contributed by atoms with Crippen molar-refractivity contribution in [3.8, 4) is 22.5 Å². The minimum atomic E-state index is -4.54. The Labute approximate surface area is 456 Å². The standard InChI is InChI=1S/C58H74N4O12S3/c1-14-58(12,13)56(63)72-27-25-59-57(64)73-28-26-61(15-2)76(67,68)52-20-18-17-19-45(52)53-43-23-21-39(60-54-46(35(4)5)31-41(75(65)66)32-47(54)36(6)7)29-50(43)74-51-30-40(22-24-44(51)53)62(16-3)55-48(37(8)9)33-42(77(69,70)71)34-49(55)38(10)11/h17-24,29-38H,14-16,25-28H2,1-13H3,(H,59,64)(H,65,66)(H,69,70,71)/p-1. The number of nitrogens with one attached hydrogen (secondary N) is 1. The predicted octanol–water partition coefficient (Wildman–Crippen LogP) is 12.3. The molecule has 1 aliphatic carbocycles. The Morgan fingerprint density at radius 3 is 1.92 bits per heavy atom. The quantitative estimate of drug-likeness (QED) is 0.0212. The van der Waals surface area contributed by atoms with Crippen LogP contribution in [0.2, 0.25) is 0 Å². The minimum absolute atomic E-state index is 0.00522. The summed E-state index contributed by atoms with van der Waals surface area (Å²) < 4.78 is 109. The Kier molecular flexibility index (Phi) is 19.4. The second-order valence-electron chi connectivity index (χ2n) is 20.9. The Bertz CT molecular complexity index is 3380. The monoisotopic (exact) mass is 1110 g/mol. The summed E-state index contributed by atoms with van der Waals surface area (Å²) in [5.41, 5.74) is 6.27. The van der Waals surface area contributed by atoms with Crippen molar-refractivity contribution in [2.75, 3.05) is 44.3 Å². The maximum absolute atomic E-state index is 15.0. The molecule has 6 rings (SSSR count). The number of carbonyl (C=O) groups is 2. The molecule has 77 heavy (non-hydrogen) atoms. The highest BCUT2D eigenvalue weighted by molar-refractivity contribution is 7.89. The first-order valence-corrected chi connectivity index (χ1v) is 30.0. The molecule has 1 aliphatic heterocycles. The normalized spacial score (nSPS) is 13.2. The topological polar surface area (TPSA) is 225 Å². The van der Waals surface area contributed by atoms with E-state index in [0.29, 0.717) is 74.2 Å². The molecule has 1 amide bonds. The molecule has 416 valence electrons. The van der Waals surface area contributed by atoms with Gasteiger partial charge in [-0.2, -0.15) is 12.7 Å². The van der Waals surface area contributed by atoms with Gasteiger partial charge in [0.05, 0.1) is 32.8 Å². The summed E-state index contributed by atoms with van der Waals surface area (Å²) >= 11 is -2.47. The lowest BCUT2D eigenvalue weighted by atomic mass is 9.91. The van der Waals surface area contributed by atoms with Crippen molar-refractivity contribution in [1.29, 1.82) is 0 Å². The van der Waals surface area contributed by atoms with Crippen LogP contribution >= 0.6 is 0 Å². The zero-order valence-electron chi connectivity index (χ0n) is 46.3. The van der Waals surface area contributed by atoms with Crippen molar-refractivity contribution in [3.63, 3.8) is 0 Å². The summed E-state index contributed by atoms with van der Waals surface area (Å²) in [6.45, 7) is 24.9. The number of nitrogens with zero attached hydrogens (tertiary/aromatic N) is 3. The SMILES string of the molecule is CCN(c1ccc2c(-c3ccccc3S(=O)(=O)N(CC)CCOC(=O)NCCOC(=O)C(C)(C)CC)c3ccc(=Nc4c(C(C)C)cc(S(=O)[O-])cc4C(C)C)cc-3oc2c1)c1c(C(C)C)cc(S(=O)(=O)O)cc1C(C)C. The summed E-state index contributed by atoms with van der Waals surface area (Å²) in [5, 5.41) is 3.62. The average molecular weight is 1110 g/mol. The van der Waals surface area contributed by atoms with Gasteiger partial charge in [0.15, 0.2) is 0 Å². The molecule has 0 bridgehead atoms. The molecule has 0 radical (unpaired) electrons. The molecule has 1 atom stereocenters. The number of hydrogen-bond acceptors (Lipinski definition) is 13. The zero-order valence-corrected chi connectivity index (χ0v) is 48.8. The number of benzene rings is 5. The van der Waals surface area contributed by atoms with Crippen molar-refractivity contribution in [1.82, 2.24) is 9.62 Å². The molecule has 19 heteroatoms. The Hall–Kier alpha value is -5.96. The lowest BCUT2D eigenvalue weighted by molar-refractivity contribution is -0.153. The second kappa shape index (κ2) is 24.8. The van der Waals surface area contributed by atoms with Gasteiger partial charge in [0, 0.05) is 70.1 Å². The van der Waals surface area contributed by atoms with Gasteiger partial charge in [-0.15, -0.1) is 0 Å². The fourth-order valence-corrected chi connectivity index (χ4v) is 11.8. The smallest absolute Gasteiger partial charge is 0.407 e. The molecule has 1 heterocycles. The summed E-state index contributed by atoms with van der Waals surface area (Å²) in [7, 11) is -8.84. The fourth-order valence-electron chi connectivity index (χ4n) is 9.16. The van der Waals surface area contributed by atoms with E-state index in [4.69, 9.17) is 18.9 Å². The van der Waals surface area contributed by atoms with E-state index in [1.807, 2.05) is 99.6 Å². The van der Waals surface area contributed by atoms with E-state index in [1.54, 1.807) is 57.2 Å². The number of likely N-dealkylation sites (N-methyl/N-ethyl adjacent to an activating group) is 1. The van der Waals surface area contributed by atoms with Gasteiger partial charge in [0.1, 0.15) is 24.6 Å². The Morgan fingerprint density at radius 2 is 1.38 bits per heavy atom. The van der Waals surface area contributed by atoms with E-state index in [0.717, 1.165) is 16.8 Å². The molecule has 1 unspecified atom stereocenters. The highest BCUT2D eigenvalue weighted by Crippen LogP contribution is 2.46. The first-order chi connectivity index (χ1) is 36.2. The van der Waals surface area contributed by atoms with Crippen molar-refractivity contribution < 1.29 is 53.6 Å². The third kappa shape index (κ3) is 13.5. The molecular formula is C58H73N4O12S3-. The van der Waals surface area contributed by atoms with Gasteiger partial charge >= 0.3 is 12.1 Å². The lowest BCUT2D eigenvalue weighted by Gasteiger charge is -2.32. The van der Waals surface area contributed by atoms with Crippen LogP contribution in [0.1, 0.15) is 142 Å². The molecule has 2 aliphatic rings. The predicted molar refractivity (Wildman–Crippen MR) is 301 cm³/mol. The van der Waals surface area contributed by atoms with Crippen LogP contribution in [0.4, 0.5) is 21.9 Å². The number of ether oxygens (including phenoxy) is 2. The van der Waals surface area contributed by atoms with Crippen LogP contribution in [0.3, 0.4) is 0 Å². The van der Waals surface area contributed by atoms with Gasteiger partial charge in [0.25, 0.3) is 10.1 Å². The van der Waals surface area contributed by atoms with E-state index in [-0.39, 0.29) is 77.2 Å². The van der Waals surface area contributed by atoms with E-state index in [9.17, 15) is 39.7 Å². The third-order valence-electron chi connectivity index (χ3n) is 13.8. The second-order valence-corrected chi connectivity index (χ2v) is 25.1. The maximum atomic E-state index is 15.0. The summed E-state index contributed by atoms with van der Waals surface area (Å²) in [5.74, 6) is -0.494. The van der Waals surface area contributed by atoms with E-state index >= 15 is 0 Å². The molecule has 16 nitrogen and oxygen atoms in total. The fraction of sp³-hybridized carbons (Fsp3) is 0.431. The Balaban J connectivity index is 1.53. The van der Waals surface area contributed by atoms with Gasteiger partial charge in [0.2, 0.25) is 10.0 Å². The van der Waals surface area contributed by atoms with Gasteiger partial charge in [-0.3, -0.25) is 13.6 Å². The van der Waals surface area contributed by atoms with Gasteiger partial charge in [-0.05, 0) is 139 Å². The van der Waals surface area contributed by atoms with E-state index < -0.39 is 42.7 Å². The average Bonchev–Trinajstić information content (AvgIpc) is 3.41. The molecule has 2 N–H and O–H groups in total. The van der Waals surface area contributed by atoms with Gasteiger partial charge in [-0.25, -0.2) is 18.2 Å². The van der Waals surface area contributed by atoms with Crippen molar-refractivity contribution in [2.45, 2.75) is 135 Å². The zero-order chi connectivity index (χ0) is 56.9. The molecule has 0 spiro atoms. The number of alkyl carbamates (subject to hydrolysis) is 1. The number of sulfonamides is 1. The number of carbonyl (C=O) groups excluding carboxylic acids is 2. The summed E-state index contributed by atoms with van der Waals surface area (Å²) in [4.78, 5) is 32.2. The van der Waals surface area contributed by atoms with E-state index in [2.05, 4.69) is 10.2 Å². The van der Waals surface area contributed by atoms with Crippen LogP contribution in [-0.2, 0) is 45.5 Å². The molecule has 0 aromatic heterocycles. The molecule has 0 fully saturated rings. The number of amides is 1.